The van der Waals surface area contributed by atoms with Gasteiger partial charge in [0.1, 0.15) is 11.5 Å². The number of ether oxygens (including phenoxy) is 2. The Bertz CT molecular complexity index is 674. The van der Waals surface area contributed by atoms with Crippen LogP contribution in [0.15, 0.2) is 46.9 Å². The SMILES string of the molecule is COc1cc(CCNC(=O)CCc2ccccc2)c(OC)cc1Br. The summed E-state index contributed by atoms with van der Waals surface area (Å²) in [6.07, 6.45) is 1.93. The van der Waals surface area contributed by atoms with Crippen molar-refractivity contribution in [2.45, 2.75) is 19.3 Å². The fourth-order valence-electron chi connectivity index (χ4n) is 2.45. The maximum atomic E-state index is 12.0. The summed E-state index contributed by atoms with van der Waals surface area (Å²) in [7, 11) is 3.26. The number of benzene rings is 2. The predicted octanol–water partition coefficient (Wildman–Crippen LogP) is 3.76. The van der Waals surface area contributed by atoms with Gasteiger partial charge in [-0.1, -0.05) is 30.3 Å². The van der Waals surface area contributed by atoms with E-state index < -0.39 is 0 Å². The van der Waals surface area contributed by atoms with Crippen molar-refractivity contribution in [3.05, 3.63) is 58.1 Å². The maximum absolute atomic E-state index is 12.0. The Labute approximate surface area is 151 Å². The van der Waals surface area contributed by atoms with Crippen LogP contribution in [0.1, 0.15) is 17.5 Å². The van der Waals surface area contributed by atoms with Gasteiger partial charge in [-0.25, -0.2) is 0 Å². The highest BCUT2D eigenvalue weighted by Crippen LogP contribution is 2.32. The summed E-state index contributed by atoms with van der Waals surface area (Å²) < 4.78 is 11.5. The summed E-state index contributed by atoms with van der Waals surface area (Å²) in [5.41, 5.74) is 2.17. The van der Waals surface area contributed by atoms with Crippen LogP contribution in [0, 0.1) is 0 Å². The fraction of sp³-hybridized carbons (Fsp3) is 0.316. The van der Waals surface area contributed by atoms with Gasteiger partial charge >= 0.3 is 0 Å². The molecule has 0 saturated carbocycles. The number of methoxy groups -OCH3 is 2. The molecule has 128 valence electrons. The number of carbonyl (C=O) groups excluding carboxylic acids is 1. The van der Waals surface area contributed by atoms with Crippen LogP contribution in [0.5, 0.6) is 11.5 Å². The van der Waals surface area contributed by atoms with E-state index in [1.807, 2.05) is 42.5 Å². The second-order valence-corrected chi connectivity index (χ2v) is 6.24. The van der Waals surface area contributed by atoms with Crippen molar-refractivity contribution >= 4 is 21.8 Å². The lowest BCUT2D eigenvalue weighted by Crippen LogP contribution is -2.26. The maximum Gasteiger partial charge on any atom is 0.220 e. The van der Waals surface area contributed by atoms with Gasteiger partial charge in [-0.15, -0.1) is 0 Å². The molecular weight excluding hydrogens is 370 g/mol. The summed E-state index contributed by atoms with van der Waals surface area (Å²) >= 11 is 3.44. The van der Waals surface area contributed by atoms with Gasteiger partial charge in [-0.2, -0.15) is 0 Å². The first-order valence-corrected chi connectivity index (χ1v) is 8.64. The molecule has 0 atom stereocenters. The molecule has 5 heteroatoms. The van der Waals surface area contributed by atoms with E-state index in [9.17, 15) is 4.79 Å². The summed E-state index contributed by atoms with van der Waals surface area (Å²) in [5, 5.41) is 2.96. The normalized spacial score (nSPS) is 10.3. The molecule has 1 N–H and O–H groups in total. The number of hydrogen-bond donors (Lipinski definition) is 1. The first-order valence-electron chi connectivity index (χ1n) is 7.85. The third-order valence-electron chi connectivity index (χ3n) is 3.75. The van der Waals surface area contributed by atoms with Crippen molar-refractivity contribution in [1.82, 2.24) is 5.32 Å². The molecule has 2 aromatic rings. The monoisotopic (exact) mass is 391 g/mol. The van der Waals surface area contributed by atoms with Crippen molar-refractivity contribution in [2.75, 3.05) is 20.8 Å². The Morgan fingerprint density at radius 2 is 1.75 bits per heavy atom. The van der Waals surface area contributed by atoms with E-state index >= 15 is 0 Å². The molecule has 0 saturated heterocycles. The van der Waals surface area contributed by atoms with Crippen LogP contribution in [0.4, 0.5) is 0 Å². The van der Waals surface area contributed by atoms with Gasteiger partial charge in [0.25, 0.3) is 0 Å². The Hall–Kier alpha value is -2.01. The number of nitrogens with one attached hydrogen (secondary N) is 1. The largest absolute Gasteiger partial charge is 0.496 e. The lowest BCUT2D eigenvalue weighted by molar-refractivity contribution is -0.121. The summed E-state index contributed by atoms with van der Waals surface area (Å²) in [4.78, 5) is 12.0. The first kappa shape index (κ1) is 18.3. The number of aryl methyl sites for hydroxylation is 1. The Morgan fingerprint density at radius 3 is 2.42 bits per heavy atom. The Balaban J connectivity index is 1.84. The molecule has 0 aromatic heterocycles. The van der Waals surface area contributed by atoms with Crippen molar-refractivity contribution in [3.63, 3.8) is 0 Å². The molecule has 0 heterocycles. The second-order valence-electron chi connectivity index (χ2n) is 5.38. The van der Waals surface area contributed by atoms with Crippen molar-refractivity contribution < 1.29 is 14.3 Å². The van der Waals surface area contributed by atoms with Crippen LogP contribution in [-0.4, -0.2) is 26.7 Å². The Morgan fingerprint density at radius 1 is 1.04 bits per heavy atom. The standard InChI is InChI=1S/C19H22BrNO3/c1-23-17-13-16(20)18(24-2)12-15(17)10-11-21-19(22)9-8-14-6-4-3-5-7-14/h3-7,12-13H,8-11H2,1-2H3,(H,21,22). The molecule has 2 aromatic carbocycles. The molecule has 24 heavy (non-hydrogen) atoms. The number of carbonyl (C=O) groups is 1. The van der Waals surface area contributed by atoms with E-state index in [0.717, 1.165) is 28.0 Å². The van der Waals surface area contributed by atoms with E-state index in [4.69, 9.17) is 9.47 Å². The van der Waals surface area contributed by atoms with Gasteiger partial charge in [-0.3, -0.25) is 4.79 Å². The third-order valence-corrected chi connectivity index (χ3v) is 4.37. The van der Waals surface area contributed by atoms with E-state index in [-0.39, 0.29) is 5.91 Å². The van der Waals surface area contributed by atoms with Gasteiger partial charge in [-0.05, 0) is 52.0 Å². The molecule has 4 nitrogen and oxygen atoms in total. The molecule has 0 aliphatic carbocycles. The molecule has 1 amide bonds. The van der Waals surface area contributed by atoms with Gasteiger partial charge in [0, 0.05) is 13.0 Å². The van der Waals surface area contributed by atoms with Crippen molar-refractivity contribution in [2.24, 2.45) is 0 Å². The van der Waals surface area contributed by atoms with Crippen LogP contribution < -0.4 is 14.8 Å². The minimum absolute atomic E-state index is 0.0573. The van der Waals surface area contributed by atoms with Crippen LogP contribution in [-0.2, 0) is 17.6 Å². The van der Waals surface area contributed by atoms with Gasteiger partial charge in [0.15, 0.2) is 0 Å². The molecule has 0 unspecified atom stereocenters. The van der Waals surface area contributed by atoms with Crippen LogP contribution in [0.25, 0.3) is 0 Å². The van der Waals surface area contributed by atoms with E-state index in [1.165, 1.54) is 5.56 Å². The highest BCUT2D eigenvalue weighted by molar-refractivity contribution is 9.10. The van der Waals surface area contributed by atoms with E-state index in [0.29, 0.717) is 19.4 Å². The zero-order chi connectivity index (χ0) is 17.4. The summed E-state index contributed by atoms with van der Waals surface area (Å²) in [6, 6.07) is 13.8. The molecule has 2 rings (SSSR count). The minimum Gasteiger partial charge on any atom is -0.496 e. The molecule has 0 aliphatic heterocycles. The van der Waals surface area contributed by atoms with Gasteiger partial charge < -0.3 is 14.8 Å². The molecule has 0 spiro atoms. The first-order chi connectivity index (χ1) is 11.6. The molecule has 0 bridgehead atoms. The molecule has 0 aliphatic rings. The van der Waals surface area contributed by atoms with Gasteiger partial charge in [0.2, 0.25) is 5.91 Å². The lowest BCUT2D eigenvalue weighted by Gasteiger charge is -2.13. The smallest absolute Gasteiger partial charge is 0.220 e. The average Bonchev–Trinajstić information content (AvgIpc) is 2.61. The van der Waals surface area contributed by atoms with E-state index in [2.05, 4.69) is 21.2 Å². The van der Waals surface area contributed by atoms with Gasteiger partial charge in [0.05, 0.1) is 18.7 Å². The predicted molar refractivity (Wildman–Crippen MR) is 98.7 cm³/mol. The number of hydrogen-bond acceptors (Lipinski definition) is 3. The number of halogens is 1. The fourth-order valence-corrected chi connectivity index (χ4v) is 2.93. The van der Waals surface area contributed by atoms with Crippen LogP contribution >= 0.6 is 15.9 Å². The summed E-state index contributed by atoms with van der Waals surface area (Å²) in [6.45, 7) is 0.564. The lowest BCUT2D eigenvalue weighted by atomic mass is 10.1. The third kappa shape index (κ3) is 5.27. The zero-order valence-electron chi connectivity index (χ0n) is 14.0. The minimum atomic E-state index is 0.0573. The van der Waals surface area contributed by atoms with E-state index in [1.54, 1.807) is 14.2 Å². The van der Waals surface area contributed by atoms with Crippen molar-refractivity contribution in [1.29, 1.82) is 0 Å². The topological polar surface area (TPSA) is 47.6 Å². The van der Waals surface area contributed by atoms with Crippen LogP contribution in [0.2, 0.25) is 0 Å². The highest BCUT2D eigenvalue weighted by atomic mass is 79.9. The zero-order valence-corrected chi connectivity index (χ0v) is 15.6. The molecule has 0 fully saturated rings. The van der Waals surface area contributed by atoms with Crippen LogP contribution in [0.3, 0.4) is 0 Å². The quantitative estimate of drug-likeness (QED) is 0.744. The number of amides is 1. The average molecular weight is 392 g/mol. The second kappa shape index (κ2) is 9.33. The Kier molecular flexibility index (Phi) is 7.12. The number of rotatable bonds is 8. The highest BCUT2D eigenvalue weighted by Gasteiger charge is 2.10. The summed E-state index contributed by atoms with van der Waals surface area (Å²) in [5.74, 6) is 1.59. The molecular formula is C19H22BrNO3. The molecule has 0 radical (unpaired) electrons. The van der Waals surface area contributed by atoms with Crippen molar-refractivity contribution in [3.8, 4) is 11.5 Å².